The lowest BCUT2D eigenvalue weighted by molar-refractivity contribution is -0.149. The molecule has 2 aromatic carbocycles. The van der Waals surface area contributed by atoms with Crippen molar-refractivity contribution >= 4 is 56.1 Å². The summed E-state index contributed by atoms with van der Waals surface area (Å²) in [4.78, 5) is 24.7. The second-order valence-corrected chi connectivity index (χ2v) is 30.2. The molecule has 0 unspecified atom stereocenters. The van der Waals surface area contributed by atoms with Gasteiger partial charge in [-0.15, -0.1) is 0 Å². The fraction of sp³-hybridized carbons (Fsp3) is 0.574. The van der Waals surface area contributed by atoms with Crippen LogP contribution in [0.15, 0.2) is 54.9 Å². The van der Waals surface area contributed by atoms with Crippen LogP contribution in [0.25, 0.3) is 33.1 Å². The van der Waals surface area contributed by atoms with E-state index in [9.17, 15) is 4.79 Å². The number of piperidine rings is 1. The number of rotatable bonds is 16. The number of aromatic nitrogens is 5. The number of fused-ring (bicyclic) bond motifs is 2. The Morgan fingerprint density at radius 1 is 0.934 bits per heavy atom. The molecular weight excluding hydrogens is 799 g/mol. The molecule has 61 heavy (non-hydrogen) atoms. The highest BCUT2D eigenvalue weighted by Gasteiger charge is 2.40. The molecule has 2 aliphatic rings. The third-order valence-electron chi connectivity index (χ3n) is 13.1. The average molecular weight is 868 g/mol. The van der Waals surface area contributed by atoms with Gasteiger partial charge in [0.25, 0.3) is 0 Å². The number of hydrogen-bond acceptors (Lipinski definition) is 10. The third-order valence-corrected chi connectivity index (χ3v) is 19.4. The van der Waals surface area contributed by atoms with Crippen molar-refractivity contribution in [2.45, 2.75) is 135 Å². The van der Waals surface area contributed by atoms with E-state index in [-0.39, 0.29) is 29.1 Å². The fourth-order valence-corrected chi connectivity index (χ4v) is 10.7. The predicted molar refractivity (Wildman–Crippen MR) is 251 cm³/mol. The standard InChI is InChI=1S/C47H69N7O5Si2/c1-11-58-45(55)34-21-24-52(25-22-34)31-33-12-18-42-40(28-33)49-46(54(42)36-14-16-37(17-15-36)59-61(9,10)47(2,3)4)50-44-38-29-35(39-30-48-23-20-43(39)56-5)13-19-41(38)53(51-44)32-57-26-27-60(6,7)8/h12-13,18-20,23,28-30,34,36-37H,11,14-17,21-22,24-27,31-32H2,1-10H3,(H,49,50,51)/t36-,37-. The molecule has 1 saturated heterocycles. The Morgan fingerprint density at radius 3 is 2.36 bits per heavy atom. The summed E-state index contributed by atoms with van der Waals surface area (Å²) in [6, 6.07) is 16.4. The monoisotopic (exact) mass is 867 g/mol. The van der Waals surface area contributed by atoms with Gasteiger partial charge in [0, 0.05) is 56.7 Å². The van der Waals surface area contributed by atoms with E-state index >= 15 is 0 Å². The van der Waals surface area contributed by atoms with Gasteiger partial charge in [-0.05, 0) is 124 Å². The first-order valence-corrected chi connectivity index (χ1v) is 29.1. The van der Waals surface area contributed by atoms with Gasteiger partial charge in [0.15, 0.2) is 14.1 Å². The molecule has 1 aliphatic heterocycles. The Balaban J connectivity index is 1.22. The van der Waals surface area contributed by atoms with Crippen molar-refractivity contribution in [3.63, 3.8) is 0 Å². The number of likely N-dealkylation sites (tertiary alicyclic amines) is 1. The van der Waals surface area contributed by atoms with Crippen LogP contribution in [-0.2, 0) is 32.0 Å². The molecule has 0 radical (unpaired) electrons. The summed E-state index contributed by atoms with van der Waals surface area (Å²) in [6.07, 6.45) is 9.55. The van der Waals surface area contributed by atoms with Crippen LogP contribution in [-0.4, -0.2) is 91.1 Å². The van der Waals surface area contributed by atoms with Crippen LogP contribution in [0.4, 0.5) is 11.8 Å². The van der Waals surface area contributed by atoms with E-state index in [0.29, 0.717) is 19.9 Å². The highest BCUT2D eigenvalue weighted by Crippen LogP contribution is 2.42. The molecule has 14 heteroatoms. The lowest BCUT2D eigenvalue weighted by Gasteiger charge is -2.41. The maximum atomic E-state index is 12.4. The van der Waals surface area contributed by atoms with Crippen LogP contribution in [0.1, 0.15) is 77.8 Å². The third kappa shape index (κ3) is 10.6. The van der Waals surface area contributed by atoms with Crippen molar-refractivity contribution in [3.05, 3.63) is 60.4 Å². The Kier molecular flexibility index (Phi) is 13.8. The van der Waals surface area contributed by atoms with Gasteiger partial charge in [-0.1, -0.05) is 52.5 Å². The van der Waals surface area contributed by atoms with Crippen LogP contribution in [0, 0.1) is 5.92 Å². The number of esters is 1. The van der Waals surface area contributed by atoms with Crippen LogP contribution in [0.5, 0.6) is 5.75 Å². The first-order valence-electron chi connectivity index (χ1n) is 22.4. The molecule has 3 aromatic heterocycles. The number of ether oxygens (including phenoxy) is 3. The van der Waals surface area contributed by atoms with E-state index in [4.69, 9.17) is 28.7 Å². The molecule has 1 saturated carbocycles. The van der Waals surface area contributed by atoms with Gasteiger partial charge in [0.05, 0.1) is 36.2 Å². The van der Waals surface area contributed by atoms with Gasteiger partial charge in [-0.2, -0.15) is 5.10 Å². The summed E-state index contributed by atoms with van der Waals surface area (Å²) >= 11 is 0. The molecule has 1 N–H and O–H groups in total. The zero-order chi connectivity index (χ0) is 43.5. The highest BCUT2D eigenvalue weighted by atomic mass is 28.4. The van der Waals surface area contributed by atoms with Crippen molar-refractivity contribution in [1.82, 2.24) is 29.2 Å². The molecule has 1 aliphatic carbocycles. The minimum Gasteiger partial charge on any atom is -0.496 e. The Hall–Kier alpha value is -4.09. The van der Waals surface area contributed by atoms with Crippen molar-refractivity contribution in [3.8, 4) is 16.9 Å². The van der Waals surface area contributed by atoms with E-state index in [1.54, 1.807) is 13.3 Å². The molecule has 5 aromatic rings. The van der Waals surface area contributed by atoms with Crippen molar-refractivity contribution in [2.75, 3.05) is 38.7 Å². The highest BCUT2D eigenvalue weighted by molar-refractivity contribution is 6.76. The van der Waals surface area contributed by atoms with Crippen LogP contribution in [0.2, 0.25) is 43.8 Å². The lowest BCUT2D eigenvalue weighted by Crippen LogP contribution is -2.44. The number of pyridine rings is 1. The number of imidazole rings is 1. The summed E-state index contributed by atoms with van der Waals surface area (Å²) in [6.45, 7) is 24.7. The van der Waals surface area contributed by atoms with Gasteiger partial charge in [-0.25, -0.2) is 9.67 Å². The summed E-state index contributed by atoms with van der Waals surface area (Å²) in [7, 11) is -1.46. The summed E-state index contributed by atoms with van der Waals surface area (Å²) in [5, 5.41) is 10.1. The summed E-state index contributed by atoms with van der Waals surface area (Å²) in [5.74, 6) is 2.20. The van der Waals surface area contributed by atoms with Gasteiger partial charge in [-0.3, -0.25) is 14.7 Å². The molecule has 4 heterocycles. The molecule has 0 spiro atoms. The number of nitrogens with zero attached hydrogens (tertiary/aromatic N) is 6. The topological polar surface area (TPSA) is 118 Å². The second-order valence-electron chi connectivity index (χ2n) is 19.9. The zero-order valence-corrected chi connectivity index (χ0v) is 40.3. The number of methoxy groups -OCH3 is 1. The fourth-order valence-electron chi connectivity index (χ4n) is 8.51. The van der Waals surface area contributed by atoms with Gasteiger partial charge >= 0.3 is 5.97 Å². The Labute approximate surface area is 364 Å². The molecule has 330 valence electrons. The van der Waals surface area contributed by atoms with Crippen molar-refractivity contribution in [2.24, 2.45) is 5.92 Å². The zero-order valence-electron chi connectivity index (χ0n) is 38.3. The molecule has 0 atom stereocenters. The minimum atomic E-state index is -1.89. The lowest BCUT2D eigenvalue weighted by atomic mass is 9.93. The smallest absolute Gasteiger partial charge is 0.309 e. The molecule has 0 amide bonds. The van der Waals surface area contributed by atoms with Crippen molar-refractivity contribution in [1.29, 1.82) is 0 Å². The normalized spacial score (nSPS) is 18.5. The van der Waals surface area contributed by atoms with Crippen LogP contribution >= 0.6 is 0 Å². The molecule has 12 nitrogen and oxygen atoms in total. The number of anilines is 2. The SMILES string of the molecule is CCOC(=O)C1CCN(Cc2ccc3c(c2)nc(Nc2nn(COCC[Si](C)(C)C)c4ccc(-c5cnccc5OC)cc24)n3[C@H]2CC[C@H](O[Si](C)(C)C(C)(C)C)CC2)CC1. The maximum absolute atomic E-state index is 12.4. The Bertz CT molecular complexity index is 2280. The van der Waals surface area contributed by atoms with E-state index in [0.717, 1.165) is 115 Å². The number of hydrogen-bond donors (Lipinski definition) is 1. The average Bonchev–Trinajstić information content (AvgIpc) is 3.75. The second kappa shape index (κ2) is 18.7. The Morgan fingerprint density at radius 2 is 1.67 bits per heavy atom. The number of benzene rings is 2. The van der Waals surface area contributed by atoms with E-state index in [2.05, 4.69) is 110 Å². The van der Waals surface area contributed by atoms with Gasteiger partial charge in [0.1, 0.15) is 12.5 Å². The molecule has 2 fully saturated rings. The van der Waals surface area contributed by atoms with E-state index in [1.165, 1.54) is 5.56 Å². The molecule has 0 bridgehead atoms. The largest absolute Gasteiger partial charge is 0.496 e. The van der Waals surface area contributed by atoms with Crippen LogP contribution < -0.4 is 10.1 Å². The molecule has 7 rings (SSSR count). The van der Waals surface area contributed by atoms with Gasteiger partial charge < -0.3 is 28.5 Å². The minimum absolute atomic E-state index is 0.0101. The summed E-state index contributed by atoms with van der Waals surface area (Å²) < 4.78 is 28.7. The summed E-state index contributed by atoms with van der Waals surface area (Å²) in [5.41, 5.74) is 6.16. The van der Waals surface area contributed by atoms with Crippen LogP contribution in [0.3, 0.4) is 0 Å². The van der Waals surface area contributed by atoms with E-state index < -0.39 is 16.4 Å². The number of carbonyl (C=O) groups excluding carboxylic acids is 1. The first kappa shape index (κ1) is 45.0. The number of carbonyl (C=O) groups is 1. The van der Waals surface area contributed by atoms with Crippen molar-refractivity contribution < 1.29 is 23.4 Å². The number of nitrogens with one attached hydrogen (secondary N) is 1. The predicted octanol–water partition coefficient (Wildman–Crippen LogP) is 10.8. The van der Waals surface area contributed by atoms with Gasteiger partial charge in [0.2, 0.25) is 5.95 Å². The van der Waals surface area contributed by atoms with E-state index in [1.807, 2.05) is 23.9 Å². The molecular formula is C47H69N7O5Si2. The quantitative estimate of drug-likeness (QED) is 0.0583. The first-order chi connectivity index (χ1) is 29.0. The maximum Gasteiger partial charge on any atom is 0.309 e.